The predicted molar refractivity (Wildman–Crippen MR) is 273 cm³/mol. The van der Waals surface area contributed by atoms with E-state index in [9.17, 15) is 0 Å². The van der Waals surface area contributed by atoms with Crippen LogP contribution in [0.1, 0.15) is 49.9 Å². The standard InChI is InChI=1S/C64H46/c1-63(2)57-26-14-12-23-53(57)62-54(24-15-27-58(62)63)61-50-22-10-9-21-49(50)60(52-33-30-42(37-55(52)61)41-29-28-39-16-5-6-17-40(39)36-41)51-35-34-44(45-18-7-8-19-46(45)51)43-31-32-48-47-20-11-13-25-56(47)64(3,4)59(48)38-43/h5-38H,1-4H3. The highest BCUT2D eigenvalue weighted by atomic mass is 14.4. The second-order valence-electron chi connectivity index (χ2n) is 19.2. The van der Waals surface area contributed by atoms with Gasteiger partial charge in [0.2, 0.25) is 0 Å². The molecule has 2 aliphatic carbocycles. The normalized spacial score (nSPS) is 14.2. The number of hydrogen-bond acceptors (Lipinski definition) is 0. The van der Waals surface area contributed by atoms with Crippen LogP contribution < -0.4 is 0 Å². The molecule has 0 fully saturated rings. The minimum absolute atomic E-state index is 0.0698. The van der Waals surface area contributed by atoms with Gasteiger partial charge in [0.25, 0.3) is 0 Å². The van der Waals surface area contributed by atoms with Gasteiger partial charge in [-0.15, -0.1) is 0 Å². The molecule has 0 saturated heterocycles. The van der Waals surface area contributed by atoms with Crippen LogP contribution in [0.3, 0.4) is 0 Å². The van der Waals surface area contributed by atoms with Crippen LogP contribution in [0.4, 0.5) is 0 Å². The Morgan fingerprint density at radius 1 is 0.234 bits per heavy atom. The molecule has 0 unspecified atom stereocenters. The minimum atomic E-state index is -0.108. The Kier molecular flexibility index (Phi) is 7.80. The van der Waals surface area contributed by atoms with Gasteiger partial charge >= 0.3 is 0 Å². The lowest BCUT2D eigenvalue weighted by Crippen LogP contribution is -2.14. The first-order valence-electron chi connectivity index (χ1n) is 22.8. The van der Waals surface area contributed by atoms with Crippen molar-refractivity contribution in [3.05, 3.63) is 229 Å². The Morgan fingerprint density at radius 3 is 1.50 bits per heavy atom. The molecule has 13 rings (SSSR count). The lowest BCUT2D eigenvalue weighted by atomic mass is 9.79. The largest absolute Gasteiger partial charge is 0.0619 e. The molecule has 0 spiro atoms. The third kappa shape index (κ3) is 5.17. The molecule has 11 aromatic rings. The van der Waals surface area contributed by atoms with Gasteiger partial charge in [-0.2, -0.15) is 0 Å². The fraction of sp³-hybridized carbons (Fsp3) is 0.0938. The van der Waals surface area contributed by atoms with Gasteiger partial charge < -0.3 is 0 Å². The predicted octanol–water partition coefficient (Wildman–Crippen LogP) is 17.6. The molecule has 0 atom stereocenters. The highest BCUT2D eigenvalue weighted by Gasteiger charge is 2.38. The summed E-state index contributed by atoms with van der Waals surface area (Å²) >= 11 is 0. The van der Waals surface area contributed by atoms with Gasteiger partial charge in [0.05, 0.1) is 0 Å². The summed E-state index contributed by atoms with van der Waals surface area (Å²) in [5, 5.41) is 10.1. The molecule has 0 heterocycles. The Balaban J connectivity index is 1.09. The van der Waals surface area contributed by atoms with E-state index >= 15 is 0 Å². The summed E-state index contributed by atoms with van der Waals surface area (Å²) in [6, 6.07) is 78.0. The molecule has 0 aliphatic heterocycles. The summed E-state index contributed by atoms with van der Waals surface area (Å²) in [4.78, 5) is 0. The van der Waals surface area contributed by atoms with Crippen LogP contribution in [0.15, 0.2) is 206 Å². The van der Waals surface area contributed by atoms with Gasteiger partial charge in [0, 0.05) is 10.8 Å². The second kappa shape index (κ2) is 13.5. The first-order valence-corrected chi connectivity index (χ1v) is 22.8. The molecule has 0 nitrogen and oxygen atoms in total. The average molecular weight is 815 g/mol. The fourth-order valence-corrected chi connectivity index (χ4v) is 11.9. The number of rotatable bonds is 4. The van der Waals surface area contributed by atoms with E-state index in [-0.39, 0.29) is 10.8 Å². The van der Waals surface area contributed by atoms with Crippen molar-refractivity contribution in [2.75, 3.05) is 0 Å². The van der Waals surface area contributed by atoms with Crippen molar-refractivity contribution in [1.29, 1.82) is 0 Å². The van der Waals surface area contributed by atoms with E-state index in [2.05, 4.69) is 234 Å². The smallest absolute Gasteiger partial charge is 0.0159 e. The van der Waals surface area contributed by atoms with Crippen LogP contribution in [0, 0.1) is 0 Å². The van der Waals surface area contributed by atoms with Gasteiger partial charge in [-0.1, -0.05) is 216 Å². The van der Waals surface area contributed by atoms with Crippen LogP contribution in [-0.2, 0) is 10.8 Å². The second-order valence-corrected chi connectivity index (χ2v) is 19.2. The van der Waals surface area contributed by atoms with E-state index in [1.807, 2.05) is 0 Å². The fourth-order valence-electron chi connectivity index (χ4n) is 11.9. The zero-order chi connectivity index (χ0) is 42.9. The lowest BCUT2D eigenvalue weighted by Gasteiger charge is -2.23. The van der Waals surface area contributed by atoms with E-state index in [0.29, 0.717) is 0 Å². The summed E-state index contributed by atoms with van der Waals surface area (Å²) in [7, 11) is 0. The van der Waals surface area contributed by atoms with Gasteiger partial charge in [-0.25, -0.2) is 0 Å². The molecule has 0 bridgehead atoms. The Bertz CT molecular complexity index is 3780. The van der Waals surface area contributed by atoms with E-state index in [0.717, 1.165) is 0 Å². The van der Waals surface area contributed by atoms with Crippen LogP contribution in [0.2, 0.25) is 0 Å². The molecular formula is C64H46. The molecule has 302 valence electrons. The van der Waals surface area contributed by atoms with E-state index in [4.69, 9.17) is 0 Å². The molecular weight excluding hydrogens is 769 g/mol. The molecule has 0 heteroatoms. The highest BCUT2D eigenvalue weighted by molar-refractivity contribution is 6.25. The monoisotopic (exact) mass is 814 g/mol. The Labute approximate surface area is 375 Å². The van der Waals surface area contributed by atoms with Crippen LogP contribution >= 0.6 is 0 Å². The molecule has 11 aromatic carbocycles. The number of hydrogen-bond donors (Lipinski definition) is 0. The number of benzene rings is 11. The summed E-state index contributed by atoms with van der Waals surface area (Å²) in [6.45, 7) is 9.51. The summed E-state index contributed by atoms with van der Waals surface area (Å²) in [5.74, 6) is 0. The molecule has 0 aromatic heterocycles. The Hall–Kier alpha value is -7.54. The first kappa shape index (κ1) is 37.1. The van der Waals surface area contributed by atoms with Crippen molar-refractivity contribution in [2.45, 2.75) is 38.5 Å². The average Bonchev–Trinajstić information content (AvgIpc) is 3.72. The lowest BCUT2D eigenvalue weighted by molar-refractivity contribution is 0.660. The minimum Gasteiger partial charge on any atom is -0.0619 e. The van der Waals surface area contributed by atoms with E-state index < -0.39 is 0 Å². The number of fused-ring (bicyclic) bond motifs is 10. The zero-order valence-electron chi connectivity index (χ0n) is 36.6. The van der Waals surface area contributed by atoms with Crippen LogP contribution in [0.5, 0.6) is 0 Å². The van der Waals surface area contributed by atoms with Crippen molar-refractivity contribution in [3.63, 3.8) is 0 Å². The van der Waals surface area contributed by atoms with Crippen molar-refractivity contribution < 1.29 is 0 Å². The SMILES string of the molecule is CC1(C)c2ccccc2-c2ccc(-c3ccc(-c4c5ccccc5c(-c5cccc6c5-c5ccccc5C6(C)C)c5cc(-c6ccc7ccccc7c6)ccc45)c4ccccc34)cc21. The van der Waals surface area contributed by atoms with Gasteiger partial charge in [-0.3, -0.25) is 0 Å². The molecule has 0 N–H and O–H groups in total. The maximum absolute atomic E-state index is 2.48. The first-order chi connectivity index (χ1) is 31.3. The van der Waals surface area contributed by atoms with Crippen LogP contribution in [-0.4, -0.2) is 0 Å². The molecule has 0 amide bonds. The quantitative estimate of drug-likeness (QED) is 0.155. The van der Waals surface area contributed by atoms with E-state index in [1.54, 1.807) is 0 Å². The molecule has 0 saturated carbocycles. The van der Waals surface area contributed by atoms with Gasteiger partial charge in [0.15, 0.2) is 0 Å². The summed E-state index contributed by atoms with van der Waals surface area (Å²) in [6.07, 6.45) is 0. The molecule has 0 radical (unpaired) electrons. The molecule has 64 heavy (non-hydrogen) atoms. The maximum Gasteiger partial charge on any atom is 0.0159 e. The highest BCUT2D eigenvalue weighted by Crippen LogP contribution is 2.56. The van der Waals surface area contributed by atoms with Gasteiger partial charge in [-0.05, 0) is 150 Å². The van der Waals surface area contributed by atoms with Gasteiger partial charge in [0.1, 0.15) is 0 Å². The topological polar surface area (TPSA) is 0 Å². The molecule has 2 aliphatic rings. The van der Waals surface area contributed by atoms with Crippen molar-refractivity contribution in [3.8, 4) is 66.8 Å². The van der Waals surface area contributed by atoms with Crippen molar-refractivity contribution in [1.82, 2.24) is 0 Å². The third-order valence-electron chi connectivity index (χ3n) is 15.1. The zero-order valence-corrected chi connectivity index (χ0v) is 36.6. The summed E-state index contributed by atoms with van der Waals surface area (Å²) in [5.41, 5.74) is 20.9. The van der Waals surface area contributed by atoms with Crippen molar-refractivity contribution in [2.24, 2.45) is 0 Å². The Morgan fingerprint density at radius 2 is 0.719 bits per heavy atom. The van der Waals surface area contributed by atoms with E-state index in [1.165, 1.54) is 132 Å². The summed E-state index contributed by atoms with van der Waals surface area (Å²) < 4.78 is 0. The third-order valence-corrected chi connectivity index (χ3v) is 15.1. The van der Waals surface area contributed by atoms with Crippen molar-refractivity contribution >= 4 is 43.1 Å². The van der Waals surface area contributed by atoms with Crippen LogP contribution in [0.25, 0.3) is 110 Å². The maximum atomic E-state index is 2.48.